The molecule has 0 fully saturated rings. The van der Waals surface area contributed by atoms with Gasteiger partial charge in [0.05, 0.1) is 11.0 Å². The maximum Gasteiger partial charge on any atom is 0.274 e. The molecule has 0 aliphatic carbocycles. The Morgan fingerprint density at radius 1 is 1.26 bits per heavy atom. The molecule has 19 heavy (non-hydrogen) atoms. The van der Waals surface area contributed by atoms with Crippen molar-refractivity contribution in [1.29, 1.82) is 0 Å². The van der Waals surface area contributed by atoms with Gasteiger partial charge in [0, 0.05) is 25.4 Å². The molecule has 0 unspecified atom stereocenters. The van der Waals surface area contributed by atoms with E-state index in [1.54, 1.807) is 0 Å². The van der Waals surface area contributed by atoms with Crippen molar-refractivity contribution in [3.8, 4) is 0 Å². The van der Waals surface area contributed by atoms with Gasteiger partial charge in [-0.1, -0.05) is 30.3 Å². The lowest BCUT2D eigenvalue weighted by atomic mass is 10.2. The van der Waals surface area contributed by atoms with Crippen molar-refractivity contribution in [3.63, 3.8) is 0 Å². The summed E-state index contributed by atoms with van der Waals surface area (Å²) in [6.07, 6.45) is 1.47. The second kappa shape index (κ2) is 5.95. The quantitative estimate of drug-likeness (QED) is 0.610. The van der Waals surface area contributed by atoms with Gasteiger partial charge >= 0.3 is 0 Å². The smallest absolute Gasteiger partial charge is 0.274 e. The molecular formula is C14H15N3O2. The van der Waals surface area contributed by atoms with Gasteiger partial charge in [-0.15, -0.1) is 0 Å². The first-order valence-corrected chi connectivity index (χ1v) is 6.10. The number of pyridine rings is 1. The normalized spacial score (nSPS) is 10.2. The topological polar surface area (TPSA) is 59.3 Å². The Hall–Kier alpha value is -2.43. The van der Waals surface area contributed by atoms with E-state index in [9.17, 15) is 10.1 Å². The number of hydrogen-bond donors (Lipinski definition) is 0. The Labute approximate surface area is 111 Å². The molecule has 1 heterocycles. The highest BCUT2D eigenvalue weighted by Gasteiger charge is 2.11. The van der Waals surface area contributed by atoms with Crippen LogP contribution in [0.25, 0.3) is 0 Å². The summed E-state index contributed by atoms with van der Waals surface area (Å²) in [5, 5.41) is 10.8. The highest BCUT2D eigenvalue weighted by molar-refractivity contribution is 5.47. The number of nitrogens with zero attached hydrogens (tertiary/aromatic N) is 3. The van der Waals surface area contributed by atoms with Crippen molar-refractivity contribution < 1.29 is 4.92 Å². The summed E-state index contributed by atoms with van der Waals surface area (Å²) in [5.41, 5.74) is 1.22. The van der Waals surface area contributed by atoms with E-state index in [1.807, 2.05) is 42.2 Å². The van der Waals surface area contributed by atoms with Crippen LogP contribution in [0, 0.1) is 10.1 Å². The molecule has 0 N–H and O–H groups in total. The van der Waals surface area contributed by atoms with Crippen LogP contribution >= 0.6 is 0 Å². The predicted molar refractivity (Wildman–Crippen MR) is 74.1 cm³/mol. The molecule has 1 aromatic heterocycles. The van der Waals surface area contributed by atoms with E-state index < -0.39 is 4.92 Å². The Balaban J connectivity index is 2.22. The lowest BCUT2D eigenvalue weighted by Gasteiger charge is -2.21. The van der Waals surface area contributed by atoms with Gasteiger partial charge in [0.15, 0.2) is 0 Å². The van der Waals surface area contributed by atoms with E-state index in [1.165, 1.54) is 18.3 Å². The van der Waals surface area contributed by atoms with Crippen molar-refractivity contribution in [2.24, 2.45) is 0 Å². The number of hydrogen-bond acceptors (Lipinski definition) is 4. The minimum atomic E-state index is -0.401. The molecule has 2 rings (SSSR count). The summed E-state index contributed by atoms with van der Waals surface area (Å²) < 4.78 is 0. The second-order valence-electron chi connectivity index (χ2n) is 4.13. The number of aromatic nitrogens is 1. The minimum absolute atomic E-state index is 0.0662. The van der Waals surface area contributed by atoms with Gasteiger partial charge < -0.3 is 4.90 Å². The average Bonchev–Trinajstić information content (AvgIpc) is 2.46. The molecule has 0 aliphatic rings. The van der Waals surface area contributed by atoms with Gasteiger partial charge in [0.1, 0.15) is 5.82 Å². The average molecular weight is 257 g/mol. The molecule has 0 bridgehead atoms. The molecule has 0 spiro atoms. The standard InChI is InChI=1S/C14H15N3O2/c1-2-16(11-12-6-4-3-5-7-12)14-10-13(17(18)19)8-9-15-14/h3-10H,2,11H2,1H3. The molecule has 0 saturated heterocycles. The Bertz CT molecular complexity index is 558. The van der Waals surface area contributed by atoms with Crippen LogP contribution in [0.5, 0.6) is 0 Å². The number of anilines is 1. The lowest BCUT2D eigenvalue weighted by Crippen LogP contribution is -2.23. The highest BCUT2D eigenvalue weighted by atomic mass is 16.6. The highest BCUT2D eigenvalue weighted by Crippen LogP contribution is 2.19. The minimum Gasteiger partial charge on any atom is -0.352 e. The molecule has 0 atom stereocenters. The number of benzene rings is 1. The fraction of sp³-hybridized carbons (Fsp3) is 0.214. The van der Waals surface area contributed by atoms with Gasteiger partial charge in [-0.2, -0.15) is 0 Å². The van der Waals surface area contributed by atoms with Crippen LogP contribution in [-0.4, -0.2) is 16.5 Å². The zero-order chi connectivity index (χ0) is 13.7. The number of nitro groups is 1. The van der Waals surface area contributed by atoms with Gasteiger partial charge in [-0.3, -0.25) is 10.1 Å². The monoisotopic (exact) mass is 257 g/mol. The molecule has 5 heteroatoms. The van der Waals surface area contributed by atoms with Crippen molar-refractivity contribution in [3.05, 3.63) is 64.3 Å². The van der Waals surface area contributed by atoms with Crippen LogP contribution < -0.4 is 4.90 Å². The lowest BCUT2D eigenvalue weighted by molar-refractivity contribution is -0.384. The van der Waals surface area contributed by atoms with Crippen molar-refractivity contribution in [1.82, 2.24) is 4.98 Å². The van der Waals surface area contributed by atoms with Crippen LogP contribution in [0.4, 0.5) is 11.5 Å². The molecule has 1 aromatic carbocycles. The third kappa shape index (κ3) is 3.28. The Morgan fingerprint density at radius 3 is 2.63 bits per heavy atom. The fourth-order valence-electron chi connectivity index (χ4n) is 1.85. The van der Waals surface area contributed by atoms with Gasteiger partial charge in [-0.05, 0) is 12.5 Å². The maximum absolute atomic E-state index is 10.8. The number of rotatable bonds is 5. The first-order valence-electron chi connectivity index (χ1n) is 6.10. The third-order valence-corrected chi connectivity index (χ3v) is 2.86. The molecule has 2 aromatic rings. The zero-order valence-electron chi connectivity index (χ0n) is 10.7. The molecule has 0 amide bonds. The van der Waals surface area contributed by atoms with Gasteiger partial charge in [-0.25, -0.2) is 4.98 Å². The largest absolute Gasteiger partial charge is 0.352 e. The Morgan fingerprint density at radius 2 is 2.00 bits per heavy atom. The second-order valence-corrected chi connectivity index (χ2v) is 4.13. The molecule has 0 saturated carbocycles. The SMILES string of the molecule is CCN(Cc1ccccc1)c1cc([N+](=O)[O-])ccn1. The zero-order valence-corrected chi connectivity index (χ0v) is 10.7. The van der Waals surface area contributed by atoms with Crippen LogP contribution in [0.3, 0.4) is 0 Å². The van der Waals surface area contributed by atoms with Gasteiger partial charge in [0.2, 0.25) is 0 Å². The summed E-state index contributed by atoms with van der Waals surface area (Å²) in [6, 6.07) is 12.9. The summed E-state index contributed by atoms with van der Waals surface area (Å²) in [6.45, 7) is 3.43. The predicted octanol–water partition coefficient (Wildman–Crippen LogP) is 3.02. The van der Waals surface area contributed by atoms with Crippen LogP contribution in [-0.2, 0) is 6.54 Å². The van der Waals surface area contributed by atoms with E-state index in [0.29, 0.717) is 12.4 Å². The first kappa shape index (κ1) is 13.0. The van der Waals surface area contributed by atoms with Gasteiger partial charge in [0.25, 0.3) is 5.69 Å². The molecular weight excluding hydrogens is 242 g/mol. The first-order chi connectivity index (χ1) is 9.20. The van der Waals surface area contributed by atoms with E-state index in [2.05, 4.69) is 4.98 Å². The summed E-state index contributed by atoms with van der Waals surface area (Å²) in [4.78, 5) is 16.6. The fourth-order valence-corrected chi connectivity index (χ4v) is 1.85. The van der Waals surface area contributed by atoms with E-state index in [4.69, 9.17) is 0 Å². The van der Waals surface area contributed by atoms with Crippen molar-refractivity contribution >= 4 is 11.5 Å². The van der Waals surface area contributed by atoms with Crippen LogP contribution in [0.2, 0.25) is 0 Å². The summed E-state index contributed by atoms with van der Waals surface area (Å²) >= 11 is 0. The van der Waals surface area contributed by atoms with Crippen molar-refractivity contribution in [2.75, 3.05) is 11.4 Å². The Kier molecular flexibility index (Phi) is 4.07. The van der Waals surface area contributed by atoms with Crippen LogP contribution in [0.1, 0.15) is 12.5 Å². The molecule has 0 radical (unpaired) electrons. The maximum atomic E-state index is 10.8. The third-order valence-electron chi connectivity index (χ3n) is 2.86. The van der Waals surface area contributed by atoms with Crippen LogP contribution in [0.15, 0.2) is 48.7 Å². The van der Waals surface area contributed by atoms with E-state index in [-0.39, 0.29) is 5.69 Å². The van der Waals surface area contributed by atoms with E-state index in [0.717, 1.165) is 12.1 Å². The molecule has 5 nitrogen and oxygen atoms in total. The van der Waals surface area contributed by atoms with Crippen molar-refractivity contribution in [2.45, 2.75) is 13.5 Å². The summed E-state index contributed by atoms with van der Waals surface area (Å²) in [7, 11) is 0. The molecule has 98 valence electrons. The summed E-state index contributed by atoms with van der Waals surface area (Å²) in [5.74, 6) is 0.626. The van der Waals surface area contributed by atoms with E-state index >= 15 is 0 Å². The molecule has 0 aliphatic heterocycles.